The second kappa shape index (κ2) is 7.29. The molecule has 1 aliphatic rings. The van der Waals surface area contributed by atoms with E-state index in [0.717, 1.165) is 32.2 Å². The zero-order chi connectivity index (χ0) is 15.4. The Bertz CT molecular complexity index is 460. The molecule has 3 nitrogen and oxygen atoms in total. The Hall–Kier alpha value is -1.04. The molecule has 1 aliphatic heterocycles. The van der Waals surface area contributed by atoms with Gasteiger partial charge >= 0.3 is 0 Å². The molecule has 0 spiro atoms. The molecular weight excluding hydrogens is 274 g/mol. The van der Waals surface area contributed by atoms with Crippen LogP contribution in [0.1, 0.15) is 31.9 Å². The lowest BCUT2D eigenvalue weighted by Crippen LogP contribution is -2.49. The maximum absolute atomic E-state index is 13.6. The lowest BCUT2D eigenvalue weighted by molar-refractivity contribution is 0.0870. The van der Waals surface area contributed by atoms with Gasteiger partial charge < -0.3 is 10.0 Å². The number of aliphatic hydroxyl groups excluding tert-OH is 1. The van der Waals surface area contributed by atoms with E-state index >= 15 is 0 Å². The van der Waals surface area contributed by atoms with Gasteiger partial charge in [0, 0.05) is 44.3 Å². The minimum atomic E-state index is -0.955. The third-order valence-electron chi connectivity index (χ3n) is 4.20. The van der Waals surface area contributed by atoms with Gasteiger partial charge in [0.15, 0.2) is 11.6 Å². The number of benzene rings is 1. The van der Waals surface area contributed by atoms with Crippen molar-refractivity contribution < 1.29 is 13.9 Å². The summed E-state index contributed by atoms with van der Waals surface area (Å²) in [5.41, 5.74) is 0.0517. The van der Waals surface area contributed by atoms with Crippen molar-refractivity contribution in [2.24, 2.45) is 0 Å². The lowest BCUT2D eigenvalue weighted by Gasteiger charge is -2.37. The van der Waals surface area contributed by atoms with E-state index in [9.17, 15) is 13.9 Å². The molecule has 0 saturated carbocycles. The van der Waals surface area contributed by atoms with Crippen LogP contribution < -0.4 is 0 Å². The second-order valence-corrected chi connectivity index (χ2v) is 5.92. The van der Waals surface area contributed by atoms with Crippen molar-refractivity contribution >= 4 is 0 Å². The molecule has 1 saturated heterocycles. The van der Waals surface area contributed by atoms with Gasteiger partial charge in [-0.3, -0.25) is 4.90 Å². The summed E-state index contributed by atoms with van der Waals surface area (Å²) in [6, 6.07) is 4.49. The average Bonchev–Trinajstić information content (AvgIpc) is 2.48. The van der Waals surface area contributed by atoms with Gasteiger partial charge in [-0.25, -0.2) is 8.78 Å². The minimum Gasteiger partial charge on any atom is -0.388 e. The third kappa shape index (κ3) is 4.22. The highest BCUT2D eigenvalue weighted by Crippen LogP contribution is 2.22. The van der Waals surface area contributed by atoms with Gasteiger partial charge in [0.1, 0.15) is 0 Å². The Morgan fingerprint density at radius 3 is 2.43 bits per heavy atom. The first-order chi connectivity index (χ1) is 9.99. The van der Waals surface area contributed by atoms with Crippen molar-refractivity contribution in [3.05, 3.63) is 35.4 Å². The summed E-state index contributed by atoms with van der Waals surface area (Å²) in [5.74, 6) is -1.84. The number of rotatable bonds is 5. The molecule has 1 heterocycles. The summed E-state index contributed by atoms with van der Waals surface area (Å²) < 4.78 is 26.8. The van der Waals surface area contributed by atoms with E-state index < -0.39 is 17.7 Å². The molecule has 118 valence electrons. The predicted molar refractivity (Wildman–Crippen MR) is 79.1 cm³/mol. The van der Waals surface area contributed by atoms with Crippen LogP contribution in [0.25, 0.3) is 0 Å². The summed E-state index contributed by atoms with van der Waals surface area (Å²) in [6.45, 7) is 9.01. The average molecular weight is 298 g/mol. The highest BCUT2D eigenvalue weighted by Gasteiger charge is 2.21. The molecule has 1 aromatic carbocycles. The van der Waals surface area contributed by atoms with Crippen LogP contribution >= 0.6 is 0 Å². The van der Waals surface area contributed by atoms with Gasteiger partial charge in [0.05, 0.1) is 6.10 Å². The van der Waals surface area contributed by atoms with E-state index in [1.165, 1.54) is 12.1 Å². The Balaban J connectivity index is 1.82. The smallest absolute Gasteiger partial charge is 0.164 e. The zero-order valence-corrected chi connectivity index (χ0v) is 12.7. The Morgan fingerprint density at radius 2 is 1.81 bits per heavy atom. The first kappa shape index (κ1) is 16.3. The molecule has 21 heavy (non-hydrogen) atoms. The van der Waals surface area contributed by atoms with Gasteiger partial charge in [-0.15, -0.1) is 0 Å². The maximum atomic E-state index is 13.6. The van der Waals surface area contributed by atoms with Gasteiger partial charge in [-0.05, 0) is 26.3 Å². The van der Waals surface area contributed by atoms with Gasteiger partial charge in [0.2, 0.25) is 0 Å². The molecule has 0 amide bonds. The molecule has 1 fully saturated rings. The van der Waals surface area contributed by atoms with E-state index in [1.54, 1.807) is 0 Å². The van der Waals surface area contributed by atoms with E-state index in [2.05, 4.69) is 23.6 Å². The van der Waals surface area contributed by atoms with Crippen molar-refractivity contribution in [2.75, 3.05) is 32.7 Å². The molecule has 0 aliphatic carbocycles. The van der Waals surface area contributed by atoms with Gasteiger partial charge in [-0.2, -0.15) is 0 Å². The minimum absolute atomic E-state index is 0.0517. The summed E-state index contributed by atoms with van der Waals surface area (Å²) >= 11 is 0. The number of hydrogen-bond donors (Lipinski definition) is 1. The summed E-state index contributed by atoms with van der Waals surface area (Å²) in [6.07, 6.45) is -0.536. The van der Waals surface area contributed by atoms with Crippen LogP contribution in [0.5, 0.6) is 0 Å². The zero-order valence-electron chi connectivity index (χ0n) is 12.7. The molecule has 2 rings (SSSR count). The van der Waals surface area contributed by atoms with Crippen molar-refractivity contribution in [1.82, 2.24) is 9.80 Å². The molecule has 0 radical (unpaired) electrons. The van der Waals surface area contributed by atoms with Crippen LogP contribution in [0, 0.1) is 11.6 Å². The predicted octanol–water partition coefficient (Wildman–Crippen LogP) is 2.41. The van der Waals surface area contributed by atoms with Crippen LogP contribution in [0.3, 0.4) is 0 Å². The molecule has 1 unspecified atom stereocenters. The fourth-order valence-electron chi connectivity index (χ4n) is 2.74. The van der Waals surface area contributed by atoms with Crippen LogP contribution in [0.4, 0.5) is 8.78 Å². The number of piperazine rings is 1. The van der Waals surface area contributed by atoms with E-state index in [4.69, 9.17) is 0 Å². The highest BCUT2D eigenvalue weighted by atomic mass is 19.2. The first-order valence-electron chi connectivity index (χ1n) is 7.57. The summed E-state index contributed by atoms with van der Waals surface area (Å²) in [7, 11) is 0. The fraction of sp³-hybridized carbons (Fsp3) is 0.625. The molecule has 1 aromatic rings. The largest absolute Gasteiger partial charge is 0.388 e. The van der Waals surface area contributed by atoms with E-state index in [-0.39, 0.29) is 5.56 Å². The summed E-state index contributed by atoms with van der Waals surface area (Å²) in [5, 5.41) is 10.1. The standard InChI is InChI=1S/C16H24F2N2O/c1-12(2)20-10-8-19(9-11-20)7-6-15(21)13-4-3-5-14(17)16(13)18/h3-5,12,15,21H,6-11H2,1-2H3. The molecule has 0 bridgehead atoms. The number of halogens is 2. The normalized spacial score (nSPS) is 19.1. The Labute approximate surface area is 125 Å². The van der Waals surface area contributed by atoms with Crippen LogP contribution in [0.15, 0.2) is 18.2 Å². The molecule has 5 heteroatoms. The van der Waals surface area contributed by atoms with Crippen LogP contribution in [-0.4, -0.2) is 53.7 Å². The number of nitrogens with zero attached hydrogens (tertiary/aromatic N) is 2. The monoisotopic (exact) mass is 298 g/mol. The molecule has 0 aromatic heterocycles. The van der Waals surface area contributed by atoms with Crippen LogP contribution in [-0.2, 0) is 0 Å². The SMILES string of the molecule is CC(C)N1CCN(CCC(O)c2cccc(F)c2F)CC1. The second-order valence-electron chi connectivity index (χ2n) is 5.92. The van der Waals surface area contributed by atoms with Crippen molar-refractivity contribution in [2.45, 2.75) is 32.4 Å². The summed E-state index contributed by atoms with van der Waals surface area (Å²) in [4.78, 5) is 4.68. The first-order valence-corrected chi connectivity index (χ1v) is 7.57. The van der Waals surface area contributed by atoms with E-state index in [1.807, 2.05) is 0 Å². The highest BCUT2D eigenvalue weighted by molar-refractivity contribution is 5.21. The quantitative estimate of drug-likeness (QED) is 0.904. The lowest BCUT2D eigenvalue weighted by atomic mass is 10.1. The maximum Gasteiger partial charge on any atom is 0.164 e. The Kier molecular flexibility index (Phi) is 5.67. The molecule has 1 atom stereocenters. The topological polar surface area (TPSA) is 26.7 Å². The third-order valence-corrected chi connectivity index (χ3v) is 4.20. The molecular formula is C16H24F2N2O. The van der Waals surface area contributed by atoms with Gasteiger partial charge in [-0.1, -0.05) is 12.1 Å². The number of hydrogen-bond acceptors (Lipinski definition) is 3. The Morgan fingerprint density at radius 1 is 1.14 bits per heavy atom. The molecule has 1 N–H and O–H groups in total. The van der Waals surface area contributed by atoms with Gasteiger partial charge in [0.25, 0.3) is 0 Å². The van der Waals surface area contributed by atoms with Crippen molar-refractivity contribution in [3.63, 3.8) is 0 Å². The van der Waals surface area contributed by atoms with E-state index in [0.29, 0.717) is 19.0 Å². The fourth-order valence-corrected chi connectivity index (χ4v) is 2.74. The van der Waals surface area contributed by atoms with Crippen LogP contribution in [0.2, 0.25) is 0 Å². The van der Waals surface area contributed by atoms with Crippen molar-refractivity contribution in [3.8, 4) is 0 Å². The van der Waals surface area contributed by atoms with Crippen molar-refractivity contribution in [1.29, 1.82) is 0 Å². The number of aliphatic hydroxyl groups is 1.